The number of rotatable bonds is 7. The van der Waals surface area contributed by atoms with E-state index in [2.05, 4.69) is 10.0 Å². The Balaban J connectivity index is 1.33. The summed E-state index contributed by atoms with van der Waals surface area (Å²) in [5.41, 5.74) is 1.00. The van der Waals surface area contributed by atoms with Crippen molar-refractivity contribution in [3.8, 4) is 11.5 Å². The Bertz CT molecular complexity index is 1170. The maximum atomic E-state index is 12.5. The highest BCUT2D eigenvalue weighted by Gasteiger charge is 2.15. The predicted molar refractivity (Wildman–Crippen MR) is 120 cm³/mol. The van der Waals surface area contributed by atoms with E-state index >= 15 is 0 Å². The minimum atomic E-state index is -3.70. The molecule has 1 amide bonds. The van der Waals surface area contributed by atoms with Gasteiger partial charge in [0.1, 0.15) is 13.2 Å². The van der Waals surface area contributed by atoms with Crippen LogP contribution in [-0.2, 0) is 14.8 Å². The van der Waals surface area contributed by atoms with Crippen molar-refractivity contribution in [2.45, 2.75) is 9.79 Å². The van der Waals surface area contributed by atoms with E-state index in [1.807, 2.05) is 18.2 Å². The number of nitrogens with one attached hydrogen (secondary N) is 2. The van der Waals surface area contributed by atoms with Crippen molar-refractivity contribution in [2.24, 2.45) is 0 Å². The molecule has 0 fully saturated rings. The number of sulfonamides is 1. The van der Waals surface area contributed by atoms with Gasteiger partial charge in [-0.2, -0.15) is 0 Å². The molecule has 1 aliphatic heterocycles. The van der Waals surface area contributed by atoms with E-state index in [9.17, 15) is 13.2 Å². The largest absolute Gasteiger partial charge is 0.486 e. The number of hydrogen-bond donors (Lipinski definition) is 2. The van der Waals surface area contributed by atoms with Crippen LogP contribution in [0.2, 0.25) is 0 Å². The highest BCUT2D eigenvalue weighted by molar-refractivity contribution is 8.00. The number of carbonyl (C=O) groups excluding carboxylic acids is 1. The van der Waals surface area contributed by atoms with Gasteiger partial charge in [0, 0.05) is 16.3 Å². The van der Waals surface area contributed by atoms with E-state index in [0.29, 0.717) is 36.1 Å². The molecule has 2 N–H and O–H groups in total. The normalized spacial score (nSPS) is 12.8. The standard InChI is InChI=1S/C22H20N2O5S2/c25-22(15-30-18-8-11-20-21(14-18)29-13-12-28-20)23-16-6-9-19(10-7-16)31(26,27)24-17-4-2-1-3-5-17/h1-11,14,24H,12-13,15H2,(H,23,25). The average Bonchev–Trinajstić information content (AvgIpc) is 2.78. The number of anilines is 2. The van der Waals surface area contributed by atoms with Gasteiger partial charge in [-0.1, -0.05) is 18.2 Å². The van der Waals surface area contributed by atoms with Crippen molar-refractivity contribution in [3.05, 3.63) is 72.8 Å². The van der Waals surface area contributed by atoms with Crippen molar-refractivity contribution in [3.63, 3.8) is 0 Å². The third-order valence-electron chi connectivity index (χ3n) is 4.36. The minimum absolute atomic E-state index is 0.111. The van der Waals surface area contributed by atoms with Crippen molar-refractivity contribution in [1.29, 1.82) is 0 Å². The SMILES string of the molecule is O=C(CSc1ccc2c(c1)OCCO2)Nc1ccc(S(=O)(=O)Nc2ccccc2)cc1. The zero-order valence-electron chi connectivity index (χ0n) is 16.4. The molecule has 0 aromatic heterocycles. The molecule has 0 bridgehead atoms. The molecule has 0 unspecified atom stereocenters. The molecule has 160 valence electrons. The van der Waals surface area contributed by atoms with E-state index in [4.69, 9.17) is 9.47 Å². The van der Waals surface area contributed by atoms with Gasteiger partial charge < -0.3 is 14.8 Å². The first kappa shape index (κ1) is 21.1. The van der Waals surface area contributed by atoms with E-state index in [0.717, 1.165) is 4.90 Å². The number of amides is 1. The molecule has 7 nitrogen and oxygen atoms in total. The second kappa shape index (κ2) is 9.32. The molecule has 0 atom stereocenters. The number of carbonyl (C=O) groups is 1. The van der Waals surface area contributed by atoms with Gasteiger partial charge in [-0.3, -0.25) is 9.52 Å². The summed E-state index contributed by atoms with van der Waals surface area (Å²) in [7, 11) is -3.70. The smallest absolute Gasteiger partial charge is 0.261 e. The maximum Gasteiger partial charge on any atom is 0.261 e. The van der Waals surface area contributed by atoms with Crippen molar-refractivity contribution >= 4 is 39.1 Å². The molecule has 0 saturated heterocycles. The molecule has 1 aliphatic rings. The van der Waals surface area contributed by atoms with Gasteiger partial charge in [-0.05, 0) is 54.6 Å². The highest BCUT2D eigenvalue weighted by Crippen LogP contribution is 2.34. The zero-order valence-corrected chi connectivity index (χ0v) is 18.0. The fourth-order valence-corrected chi connectivity index (χ4v) is 4.68. The van der Waals surface area contributed by atoms with Crippen LogP contribution in [0.5, 0.6) is 11.5 Å². The van der Waals surface area contributed by atoms with Crippen molar-refractivity contribution < 1.29 is 22.7 Å². The first-order chi connectivity index (χ1) is 15.0. The summed E-state index contributed by atoms with van der Waals surface area (Å²) in [6.07, 6.45) is 0. The van der Waals surface area contributed by atoms with Crippen LogP contribution in [0.3, 0.4) is 0 Å². The molecule has 31 heavy (non-hydrogen) atoms. The monoisotopic (exact) mass is 456 g/mol. The summed E-state index contributed by atoms with van der Waals surface area (Å²) >= 11 is 1.38. The number of para-hydroxylation sites is 1. The third kappa shape index (κ3) is 5.50. The second-order valence-corrected chi connectivity index (χ2v) is 9.37. The lowest BCUT2D eigenvalue weighted by Gasteiger charge is -2.18. The molecule has 1 heterocycles. The molecule has 0 aliphatic carbocycles. The van der Waals surface area contributed by atoms with Gasteiger partial charge >= 0.3 is 0 Å². The topological polar surface area (TPSA) is 93.7 Å². The lowest BCUT2D eigenvalue weighted by molar-refractivity contribution is -0.113. The van der Waals surface area contributed by atoms with Gasteiger partial charge in [0.2, 0.25) is 5.91 Å². The number of fused-ring (bicyclic) bond motifs is 1. The maximum absolute atomic E-state index is 12.5. The van der Waals surface area contributed by atoms with Crippen LogP contribution in [0.25, 0.3) is 0 Å². The summed E-state index contributed by atoms with van der Waals surface area (Å²) in [6.45, 7) is 1.04. The summed E-state index contributed by atoms with van der Waals surface area (Å²) in [4.78, 5) is 13.3. The van der Waals surface area contributed by atoms with Crippen LogP contribution in [0, 0.1) is 0 Å². The molecule has 9 heteroatoms. The second-order valence-electron chi connectivity index (χ2n) is 6.64. The fraction of sp³-hybridized carbons (Fsp3) is 0.136. The summed E-state index contributed by atoms with van der Waals surface area (Å²) in [6, 6.07) is 20.2. The Kier molecular flexibility index (Phi) is 6.34. The first-order valence-corrected chi connectivity index (χ1v) is 12.0. The Labute approximate surface area is 184 Å². The van der Waals surface area contributed by atoms with E-state index < -0.39 is 10.0 Å². The highest BCUT2D eigenvalue weighted by atomic mass is 32.2. The lowest BCUT2D eigenvalue weighted by Crippen LogP contribution is -2.16. The zero-order chi connectivity index (χ0) is 21.7. The predicted octanol–water partition coefficient (Wildman–Crippen LogP) is 3.99. The van der Waals surface area contributed by atoms with E-state index in [1.54, 1.807) is 42.5 Å². The Morgan fingerprint density at radius 2 is 1.58 bits per heavy atom. The molecular weight excluding hydrogens is 436 g/mol. The Morgan fingerprint density at radius 1 is 0.871 bits per heavy atom. The number of benzene rings is 3. The molecule has 0 spiro atoms. The summed E-state index contributed by atoms with van der Waals surface area (Å²) in [5, 5.41) is 2.77. The van der Waals surface area contributed by atoms with Gasteiger partial charge in [-0.15, -0.1) is 11.8 Å². The minimum Gasteiger partial charge on any atom is -0.486 e. The number of ether oxygens (including phenoxy) is 2. The van der Waals surface area contributed by atoms with E-state index in [-0.39, 0.29) is 16.6 Å². The van der Waals surface area contributed by atoms with E-state index in [1.165, 1.54) is 23.9 Å². The van der Waals surface area contributed by atoms with Crippen LogP contribution in [0.15, 0.2) is 82.6 Å². The summed E-state index contributed by atoms with van der Waals surface area (Å²) in [5.74, 6) is 1.39. The fourth-order valence-electron chi connectivity index (χ4n) is 2.90. The molecule has 4 rings (SSSR count). The van der Waals surface area contributed by atoms with Crippen LogP contribution in [0.4, 0.5) is 11.4 Å². The van der Waals surface area contributed by atoms with Gasteiger partial charge in [0.15, 0.2) is 11.5 Å². The van der Waals surface area contributed by atoms with Gasteiger partial charge in [0.25, 0.3) is 10.0 Å². The van der Waals surface area contributed by atoms with Crippen molar-refractivity contribution in [2.75, 3.05) is 29.0 Å². The Morgan fingerprint density at radius 3 is 2.32 bits per heavy atom. The molecule has 3 aromatic rings. The first-order valence-electron chi connectivity index (χ1n) is 9.50. The van der Waals surface area contributed by atoms with Gasteiger partial charge in [-0.25, -0.2) is 8.42 Å². The molecular formula is C22H20N2O5S2. The molecule has 0 saturated carbocycles. The van der Waals surface area contributed by atoms with Crippen LogP contribution in [0.1, 0.15) is 0 Å². The summed E-state index contributed by atoms with van der Waals surface area (Å²) < 4.78 is 38.5. The average molecular weight is 457 g/mol. The number of thioether (sulfide) groups is 1. The molecule has 0 radical (unpaired) electrons. The van der Waals surface area contributed by atoms with Crippen LogP contribution >= 0.6 is 11.8 Å². The molecule has 3 aromatic carbocycles. The lowest BCUT2D eigenvalue weighted by atomic mass is 10.3. The van der Waals surface area contributed by atoms with Crippen molar-refractivity contribution in [1.82, 2.24) is 0 Å². The third-order valence-corrected chi connectivity index (χ3v) is 6.75. The van der Waals surface area contributed by atoms with Gasteiger partial charge in [0.05, 0.1) is 10.6 Å². The quantitative estimate of drug-likeness (QED) is 0.522. The Hall–Kier alpha value is -3.17. The van der Waals surface area contributed by atoms with Crippen LogP contribution < -0.4 is 19.5 Å². The number of hydrogen-bond acceptors (Lipinski definition) is 6. The van der Waals surface area contributed by atoms with Crippen LogP contribution in [-0.4, -0.2) is 33.3 Å².